The molecule has 1 aromatic rings. The number of carbonyl (C=O) groups excluding carboxylic acids is 1. The van der Waals surface area contributed by atoms with Crippen LogP contribution >= 0.6 is 0 Å². The molecule has 19 heavy (non-hydrogen) atoms. The number of nitrogens with zero attached hydrogens (tertiary/aromatic N) is 1. The average Bonchev–Trinajstić information content (AvgIpc) is 2.86. The number of benzene rings is 1. The topological polar surface area (TPSA) is 32.3 Å². The Hall–Kier alpha value is -1.35. The zero-order valence-corrected chi connectivity index (χ0v) is 11.6. The average molecular weight is 258 g/mol. The molecule has 1 fully saturated rings. The van der Waals surface area contributed by atoms with Crippen molar-refractivity contribution in [2.75, 3.05) is 19.6 Å². The van der Waals surface area contributed by atoms with Gasteiger partial charge in [-0.2, -0.15) is 0 Å². The Kier molecular flexibility index (Phi) is 3.56. The fourth-order valence-electron chi connectivity index (χ4n) is 3.22. The Bertz CT molecular complexity index is 484. The molecule has 1 amide bonds. The maximum atomic E-state index is 12.4. The number of amides is 1. The summed E-state index contributed by atoms with van der Waals surface area (Å²) in [5, 5.41) is 3.32. The summed E-state index contributed by atoms with van der Waals surface area (Å²) in [4.78, 5) is 14.4. The van der Waals surface area contributed by atoms with Gasteiger partial charge in [-0.3, -0.25) is 4.79 Å². The van der Waals surface area contributed by atoms with Crippen LogP contribution in [-0.2, 0) is 24.1 Å². The molecule has 2 aliphatic rings. The Morgan fingerprint density at radius 2 is 2.21 bits per heavy atom. The smallest absolute Gasteiger partial charge is 0.227 e. The Morgan fingerprint density at radius 1 is 1.37 bits per heavy atom. The monoisotopic (exact) mass is 258 g/mol. The Balaban J connectivity index is 1.69. The minimum Gasteiger partial charge on any atom is -0.337 e. The molecule has 1 atom stereocenters. The number of hydrogen-bond donors (Lipinski definition) is 1. The maximum Gasteiger partial charge on any atom is 0.227 e. The normalized spacial score (nSPS) is 22.4. The molecule has 0 saturated carbocycles. The van der Waals surface area contributed by atoms with Crippen molar-refractivity contribution in [2.24, 2.45) is 0 Å². The van der Waals surface area contributed by atoms with Gasteiger partial charge in [0.25, 0.3) is 0 Å². The maximum absolute atomic E-state index is 12.4. The van der Waals surface area contributed by atoms with E-state index in [9.17, 15) is 4.79 Å². The molecular formula is C16H22N2O. The standard InChI is InChI=1S/C16H22N2O/c1-12-11-17-7-8-18(12)16(19)10-13-5-6-14-3-2-4-15(14)9-13/h5-6,9,12,17H,2-4,7-8,10-11H2,1H3/t12-/m1/s1. The first-order valence-electron chi connectivity index (χ1n) is 7.35. The molecule has 1 saturated heterocycles. The van der Waals surface area contributed by atoms with Crippen LogP contribution in [-0.4, -0.2) is 36.5 Å². The van der Waals surface area contributed by atoms with Gasteiger partial charge >= 0.3 is 0 Å². The highest BCUT2D eigenvalue weighted by Gasteiger charge is 2.23. The summed E-state index contributed by atoms with van der Waals surface area (Å²) >= 11 is 0. The van der Waals surface area contributed by atoms with Crippen molar-refractivity contribution in [3.8, 4) is 0 Å². The molecule has 1 aromatic carbocycles. The largest absolute Gasteiger partial charge is 0.337 e. The first-order chi connectivity index (χ1) is 9.24. The molecule has 0 aromatic heterocycles. The van der Waals surface area contributed by atoms with Crippen LogP contribution in [0.2, 0.25) is 0 Å². The minimum absolute atomic E-state index is 0.270. The van der Waals surface area contributed by atoms with E-state index >= 15 is 0 Å². The van der Waals surface area contributed by atoms with Crippen LogP contribution in [0, 0.1) is 0 Å². The van der Waals surface area contributed by atoms with Crippen molar-refractivity contribution in [2.45, 2.75) is 38.6 Å². The predicted molar refractivity (Wildman–Crippen MR) is 76.2 cm³/mol. The third-order valence-electron chi connectivity index (χ3n) is 4.34. The molecule has 0 radical (unpaired) electrons. The van der Waals surface area contributed by atoms with E-state index in [2.05, 4.69) is 30.4 Å². The van der Waals surface area contributed by atoms with Gasteiger partial charge in [-0.25, -0.2) is 0 Å². The molecule has 1 N–H and O–H groups in total. The summed E-state index contributed by atoms with van der Waals surface area (Å²) in [6.07, 6.45) is 4.21. The van der Waals surface area contributed by atoms with Crippen molar-refractivity contribution in [3.05, 3.63) is 34.9 Å². The summed E-state index contributed by atoms with van der Waals surface area (Å²) in [5.74, 6) is 0.270. The quantitative estimate of drug-likeness (QED) is 0.872. The lowest BCUT2D eigenvalue weighted by atomic mass is 10.0. The van der Waals surface area contributed by atoms with Gasteiger partial charge in [-0.1, -0.05) is 18.2 Å². The Morgan fingerprint density at radius 3 is 3.05 bits per heavy atom. The highest BCUT2D eigenvalue weighted by Crippen LogP contribution is 2.23. The van der Waals surface area contributed by atoms with Crippen LogP contribution in [0.1, 0.15) is 30.0 Å². The molecule has 0 unspecified atom stereocenters. The highest BCUT2D eigenvalue weighted by atomic mass is 16.2. The highest BCUT2D eigenvalue weighted by molar-refractivity contribution is 5.79. The van der Waals surface area contributed by atoms with Gasteiger partial charge in [0.15, 0.2) is 0 Å². The first kappa shape index (κ1) is 12.7. The van der Waals surface area contributed by atoms with Gasteiger partial charge in [-0.15, -0.1) is 0 Å². The van der Waals surface area contributed by atoms with E-state index in [1.807, 2.05) is 4.90 Å². The van der Waals surface area contributed by atoms with Crippen molar-refractivity contribution in [3.63, 3.8) is 0 Å². The molecule has 1 aliphatic carbocycles. The van der Waals surface area contributed by atoms with E-state index in [0.717, 1.165) is 19.6 Å². The number of carbonyl (C=O) groups is 1. The second kappa shape index (κ2) is 5.33. The van der Waals surface area contributed by atoms with Crippen LogP contribution in [0.25, 0.3) is 0 Å². The SMILES string of the molecule is C[C@@H]1CNCCN1C(=O)Cc1ccc2c(c1)CCC2. The van der Waals surface area contributed by atoms with Crippen LogP contribution in [0.4, 0.5) is 0 Å². The second-order valence-electron chi connectivity index (χ2n) is 5.77. The van der Waals surface area contributed by atoms with Gasteiger partial charge < -0.3 is 10.2 Å². The lowest BCUT2D eigenvalue weighted by Gasteiger charge is -2.34. The first-order valence-corrected chi connectivity index (χ1v) is 7.35. The molecular weight excluding hydrogens is 236 g/mol. The van der Waals surface area contributed by atoms with Crippen molar-refractivity contribution < 1.29 is 4.79 Å². The van der Waals surface area contributed by atoms with Crippen LogP contribution < -0.4 is 5.32 Å². The van der Waals surface area contributed by atoms with Crippen LogP contribution in [0.3, 0.4) is 0 Å². The van der Waals surface area contributed by atoms with Crippen LogP contribution in [0.15, 0.2) is 18.2 Å². The van der Waals surface area contributed by atoms with Crippen molar-refractivity contribution >= 4 is 5.91 Å². The van der Waals surface area contributed by atoms with E-state index in [0.29, 0.717) is 12.5 Å². The molecule has 0 bridgehead atoms. The molecule has 3 heteroatoms. The fraction of sp³-hybridized carbons (Fsp3) is 0.562. The molecule has 102 valence electrons. The molecule has 1 aliphatic heterocycles. The van der Waals surface area contributed by atoms with Gasteiger partial charge in [0, 0.05) is 25.7 Å². The van der Waals surface area contributed by atoms with Gasteiger partial charge in [0.1, 0.15) is 0 Å². The third-order valence-corrected chi connectivity index (χ3v) is 4.34. The summed E-state index contributed by atoms with van der Waals surface area (Å²) < 4.78 is 0. The zero-order chi connectivity index (χ0) is 13.2. The number of piperazine rings is 1. The summed E-state index contributed by atoms with van der Waals surface area (Å²) in [6, 6.07) is 6.91. The minimum atomic E-state index is 0.270. The second-order valence-corrected chi connectivity index (χ2v) is 5.77. The van der Waals surface area contributed by atoms with Crippen molar-refractivity contribution in [1.82, 2.24) is 10.2 Å². The molecule has 1 heterocycles. The van der Waals surface area contributed by atoms with E-state index in [1.165, 1.54) is 36.0 Å². The van der Waals surface area contributed by atoms with Gasteiger partial charge in [0.05, 0.1) is 6.42 Å². The number of fused-ring (bicyclic) bond motifs is 1. The number of nitrogens with one attached hydrogen (secondary N) is 1. The Labute approximate surface area is 115 Å². The fourth-order valence-corrected chi connectivity index (χ4v) is 3.22. The van der Waals surface area contributed by atoms with Gasteiger partial charge in [0.2, 0.25) is 5.91 Å². The van der Waals surface area contributed by atoms with E-state index in [4.69, 9.17) is 0 Å². The molecule has 3 rings (SSSR count). The lowest BCUT2D eigenvalue weighted by Crippen LogP contribution is -2.52. The summed E-state index contributed by atoms with van der Waals surface area (Å²) in [5.41, 5.74) is 4.11. The lowest BCUT2D eigenvalue weighted by molar-refractivity contribution is -0.133. The van der Waals surface area contributed by atoms with E-state index in [1.54, 1.807) is 0 Å². The summed E-state index contributed by atoms with van der Waals surface area (Å²) in [6.45, 7) is 4.79. The number of aryl methyl sites for hydroxylation is 2. The van der Waals surface area contributed by atoms with E-state index < -0.39 is 0 Å². The molecule has 0 spiro atoms. The number of rotatable bonds is 2. The van der Waals surface area contributed by atoms with E-state index in [-0.39, 0.29) is 5.91 Å². The zero-order valence-electron chi connectivity index (χ0n) is 11.6. The van der Waals surface area contributed by atoms with Crippen LogP contribution in [0.5, 0.6) is 0 Å². The third kappa shape index (κ3) is 2.66. The molecule has 3 nitrogen and oxygen atoms in total. The van der Waals surface area contributed by atoms with Crippen molar-refractivity contribution in [1.29, 1.82) is 0 Å². The van der Waals surface area contributed by atoms with Gasteiger partial charge in [-0.05, 0) is 42.9 Å². The predicted octanol–water partition coefficient (Wildman–Crippen LogP) is 1.54. The number of hydrogen-bond acceptors (Lipinski definition) is 2. The summed E-state index contributed by atoms with van der Waals surface area (Å²) in [7, 11) is 0.